The van der Waals surface area contributed by atoms with Crippen LogP contribution in [-0.2, 0) is 0 Å². The Labute approximate surface area is 96.0 Å². The van der Waals surface area contributed by atoms with Gasteiger partial charge in [-0.15, -0.1) is 0 Å². The van der Waals surface area contributed by atoms with E-state index in [-0.39, 0.29) is 0 Å². The molecule has 1 aliphatic rings. The molecule has 86 valence electrons. The third kappa shape index (κ3) is 3.22. The molecule has 0 fully saturated rings. The van der Waals surface area contributed by atoms with Gasteiger partial charge in [-0.05, 0) is 32.1 Å². The predicted octanol–water partition coefficient (Wildman–Crippen LogP) is 2.36. The van der Waals surface area contributed by atoms with Gasteiger partial charge in [-0.25, -0.2) is 9.97 Å². The summed E-state index contributed by atoms with van der Waals surface area (Å²) in [5.41, 5.74) is 7.14. The molecule has 2 rings (SSSR count). The first-order valence-corrected chi connectivity index (χ1v) is 5.84. The highest BCUT2D eigenvalue weighted by Crippen LogP contribution is 2.19. The van der Waals surface area contributed by atoms with Gasteiger partial charge in [0.2, 0.25) is 0 Å². The van der Waals surface area contributed by atoms with Crippen LogP contribution in [0, 0.1) is 0 Å². The van der Waals surface area contributed by atoms with Gasteiger partial charge in [0.25, 0.3) is 0 Å². The largest absolute Gasteiger partial charge is 0.384 e. The minimum absolute atomic E-state index is 0.509. The molecule has 0 radical (unpaired) electrons. The molecule has 0 atom stereocenters. The fraction of sp³-hybridized carbons (Fsp3) is 0.500. The molecule has 0 saturated heterocycles. The van der Waals surface area contributed by atoms with E-state index in [4.69, 9.17) is 5.73 Å². The number of nitrogen functional groups attached to an aromatic ring is 1. The number of aromatic nitrogens is 2. The lowest BCUT2D eigenvalue weighted by Gasteiger charge is -2.13. The van der Waals surface area contributed by atoms with E-state index in [0.717, 1.165) is 18.8 Å². The lowest BCUT2D eigenvalue weighted by Crippen LogP contribution is -2.06. The van der Waals surface area contributed by atoms with Crippen LogP contribution < -0.4 is 11.1 Å². The molecule has 4 heteroatoms. The van der Waals surface area contributed by atoms with Crippen LogP contribution in [0.15, 0.2) is 24.0 Å². The second-order valence-electron chi connectivity index (χ2n) is 4.11. The maximum absolute atomic E-state index is 5.57. The van der Waals surface area contributed by atoms with Gasteiger partial charge in [-0.3, -0.25) is 0 Å². The lowest BCUT2D eigenvalue weighted by molar-refractivity contribution is 0.679. The third-order valence-electron chi connectivity index (χ3n) is 2.83. The van der Waals surface area contributed by atoms with Crippen LogP contribution >= 0.6 is 0 Å². The van der Waals surface area contributed by atoms with Crippen molar-refractivity contribution in [3.63, 3.8) is 0 Å². The lowest BCUT2D eigenvalue weighted by atomic mass is 9.97. The van der Waals surface area contributed by atoms with Crippen LogP contribution in [0.1, 0.15) is 32.1 Å². The average Bonchev–Trinajstić information content (AvgIpc) is 2.30. The van der Waals surface area contributed by atoms with E-state index in [1.165, 1.54) is 32.0 Å². The Bertz CT molecular complexity index is 373. The van der Waals surface area contributed by atoms with Crippen molar-refractivity contribution < 1.29 is 0 Å². The Kier molecular flexibility index (Phi) is 3.75. The number of anilines is 2. The summed E-state index contributed by atoms with van der Waals surface area (Å²) in [6, 6.07) is 1.76. The minimum atomic E-state index is 0.509. The van der Waals surface area contributed by atoms with Crippen LogP contribution in [0.3, 0.4) is 0 Å². The Morgan fingerprint density at radius 2 is 2.25 bits per heavy atom. The molecule has 4 nitrogen and oxygen atoms in total. The van der Waals surface area contributed by atoms with Crippen molar-refractivity contribution in [1.82, 2.24) is 9.97 Å². The average molecular weight is 218 g/mol. The SMILES string of the molecule is Nc1cc(NCCC2=CCCCC2)ncn1. The fourth-order valence-electron chi connectivity index (χ4n) is 1.95. The molecule has 16 heavy (non-hydrogen) atoms. The van der Waals surface area contributed by atoms with Crippen LogP contribution in [0.25, 0.3) is 0 Å². The molecule has 0 spiro atoms. The van der Waals surface area contributed by atoms with E-state index >= 15 is 0 Å². The second kappa shape index (κ2) is 5.49. The summed E-state index contributed by atoms with van der Waals surface area (Å²) in [6.45, 7) is 0.919. The standard InChI is InChI=1S/C12H18N4/c13-11-8-12(16-9-15-11)14-7-6-10-4-2-1-3-5-10/h4,8-9H,1-3,5-7H2,(H3,13,14,15,16). The smallest absolute Gasteiger partial charge is 0.131 e. The Balaban J connectivity index is 1.77. The van der Waals surface area contributed by atoms with Gasteiger partial charge in [0.15, 0.2) is 0 Å². The molecule has 1 aliphatic carbocycles. The topological polar surface area (TPSA) is 63.8 Å². The zero-order valence-electron chi connectivity index (χ0n) is 9.45. The molecule has 0 saturated carbocycles. The number of nitrogens with one attached hydrogen (secondary N) is 1. The van der Waals surface area contributed by atoms with E-state index in [9.17, 15) is 0 Å². The molecule has 0 unspecified atom stereocenters. The van der Waals surface area contributed by atoms with Crippen molar-refractivity contribution in [2.24, 2.45) is 0 Å². The molecular formula is C12H18N4. The number of allylic oxidation sites excluding steroid dienone is 1. The summed E-state index contributed by atoms with van der Waals surface area (Å²) in [4.78, 5) is 7.95. The molecule has 0 amide bonds. The molecule has 1 aromatic heterocycles. The van der Waals surface area contributed by atoms with Gasteiger partial charge in [-0.1, -0.05) is 11.6 Å². The normalized spacial score (nSPS) is 15.6. The van der Waals surface area contributed by atoms with E-state index in [1.807, 2.05) is 0 Å². The number of nitrogens with zero attached hydrogens (tertiary/aromatic N) is 2. The summed E-state index contributed by atoms with van der Waals surface area (Å²) in [5, 5.41) is 3.26. The maximum atomic E-state index is 5.57. The number of rotatable bonds is 4. The molecule has 1 aromatic rings. The van der Waals surface area contributed by atoms with Gasteiger partial charge in [0, 0.05) is 12.6 Å². The van der Waals surface area contributed by atoms with Gasteiger partial charge < -0.3 is 11.1 Å². The Morgan fingerprint density at radius 3 is 3.00 bits per heavy atom. The van der Waals surface area contributed by atoms with E-state index in [1.54, 1.807) is 11.6 Å². The number of hydrogen-bond acceptors (Lipinski definition) is 4. The van der Waals surface area contributed by atoms with Gasteiger partial charge in [0.1, 0.15) is 18.0 Å². The summed E-state index contributed by atoms with van der Waals surface area (Å²) < 4.78 is 0. The number of hydrogen-bond donors (Lipinski definition) is 2. The monoisotopic (exact) mass is 218 g/mol. The first-order valence-electron chi connectivity index (χ1n) is 5.84. The van der Waals surface area contributed by atoms with E-state index in [0.29, 0.717) is 5.82 Å². The minimum Gasteiger partial charge on any atom is -0.384 e. The fourth-order valence-corrected chi connectivity index (χ4v) is 1.95. The zero-order valence-corrected chi connectivity index (χ0v) is 9.45. The quantitative estimate of drug-likeness (QED) is 0.761. The summed E-state index contributed by atoms with van der Waals surface area (Å²) in [5.74, 6) is 1.32. The first kappa shape index (κ1) is 10.9. The molecule has 0 aliphatic heterocycles. The van der Waals surface area contributed by atoms with Gasteiger partial charge >= 0.3 is 0 Å². The third-order valence-corrected chi connectivity index (χ3v) is 2.83. The summed E-state index contributed by atoms with van der Waals surface area (Å²) in [7, 11) is 0. The Morgan fingerprint density at radius 1 is 1.31 bits per heavy atom. The highest BCUT2D eigenvalue weighted by molar-refractivity contribution is 5.43. The zero-order chi connectivity index (χ0) is 11.2. The van der Waals surface area contributed by atoms with Crippen LogP contribution in [0.2, 0.25) is 0 Å². The van der Waals surface area contributed by atoms with Gasteiger partial charge in [-0.2, -0.15) is 0 Å². The molecular weight excluding hydrogens is 200 g/mol. The summed E-state index contributed by atoms with van der Waals surface area (Å²) >= 11 is 0. The highest BCUT2D eigenvalue weighted by Gasteiger charge is 2.03. The van der Waals surface area contributed by atoms with Crippen molar-refractivity contribution in [2.75, 3.05) is 17.6 Å². The maximum Gasteiger partial charge on any atom is 0.131 e. The number of nitrogens with two attached hydrogens (primary N) is 1. The molecule has 0 aromatic carbocycles. The van der Waals surface area contributed by atoms with E-state index in [2.05, 4.69) is 21.4 Å². The second-order valence-corrected chi connectivity index (χ2v) is 4.11. The van der Waals surface area contributed by atoms with Gasteiger partial charge in [0.05, 0.1) is 0 Å². The first-order chi connectivity index (χ1) is 7.84. The van der Waals surface area contributed by atoms with Crippen molar-refractivity contribution in [3.8, 4) is 0 Å². The highest BCUT2D eigenvalue weighted by atomic mass is 15.0. The van der Waals surface area contributed by atoms with Crippen molar-refractivity contribution in [2.45, 2.75) is 32.1 Å². The van der Waals surface area contributed by atoms with Crippen LogP contribution in [-0.4, -0.2) is 16.5 Å². The molecule has 1 heterocycles. The molecule has 0 bridgehead atoms. The van der Waals surface area contributed by atoms with Crippen LogP contribution in [0.5, 0.6) is 0 Å². The van der Waals surface area contributed by atoms with E-state index < -0.39 is 0 Å². The van der Waals surface area contributed by atoms with Crippen LogP contribution in [0.4, 0.5) is 11.6 Å². The van der Waals surface area contributed by atoms with Crippen molar-refractivity contribution in [1.29, 1.82) is 0 Å². The molecule has 3 N–H and O–H groups in total. The summed E-state index contributed by atoms with van der Waals surface area (Å²) in [6.07, 6.45) is 10.1. The van der Waals surface area contributed by atoms with Crippen molar-refractivity contribution >= 4 is 11.6 Å². The Hall–Kier alpha value is -1.58. The van der Waals surface area contributed by atoms with Crippen molar-refractivity contribution in [3.05, 3.63) is 24.0 Å². The predicted molar refractivity (Wildman–Crippen MR) is 66.1 cm³/mol.